The molecule has 1 rings (SSSR count). The Morgan fingerprint density at radius 2 is 1.83 bits per heavy atom. The number of rotatable bonds is 9. The van der Waals surface area contributed by atoms with Gasteiger partial charge in [-0.25, -0.2) is 0 Å². The molecule has 0 saturated heterocycles. The van der Waals surface area contributed by atoms with Crippen LogP contribution in [0.25, 0.3) is 0 Å². The summed E-state index contributed by atoms with van der Waals surface area (Å²) in [5, 5.41) is 8.94. The molecule has 0 spiro atoms. The Bertz CT molecular complexity index is 509. The van der Waals surface area contributed by atoms with Crippen LogP contribution in [0.5, 0.6) is 5.75 Å². The molecule has 6 heteroatoms. The Hall–Kier alpha value is -2.08. The number of nitrogens with zero attached hydrogens (tertiary/aromatic N) is 1. The zero-order chi connectivity index (χ0) is 17.2. The number of aryl methyl sites for hydroxylation is 2. The molecule has 1 N–H and O–H groups in total. The maximum atomic E-state index is 12.3. The van der Waals surface area contributed by atoms with Crippen molar-refractivity contribution in [1.82, 2.24) is 4.90 Å². The van der Waals surface area contributed by atoms with E-state index < -0.39 is 0 Å². The highest BCUT2D eigenvalue weighted by Gasteiger charge is 2.16. The number of hydrogen-bond acceptors (Lipinski definition) is 5. The summed E-state index contributed by atoms with van der Waals surface area (Å²) in [6.07, 6.45) is 0.577. The number of carbonyl (C=O) groups is 2. The predicted octanol–water partition coefficient (Wildman–Crippen LogP) is 1.46. The number of benzene rings is 1. The van der Waals surface area contributed by atoms with Gasteiger partial charge < -0.3 is 19.5 Å². The van der Waals surface area contributed by atoms with Gasteiger partial charge in [0, 0.05) is 19.7 Å². The molecule has 0 aliphatic heterocycles. The van der Waals surface area contributed by atoms with Gasteiger partial charge in [0.2, 0.25) is 0 Å². The highest BCUT2D eigenvalue weighted by molar-refractivity contribution is 5.78. The van der Waals surface area contributed by atoms with Crippen molar-refractivity contribution < 1.29 is 24.2 Å². The number of carbonyl (C=O) groups excluding carboxylic acids is 2. The SMILES string of the molecule is COC(=O)CCN(CCCO)C(=O)COc1c(C)cccc1C. The van der Waals surface area contributed by atoms with Crippen LogP contribution in [0.1, 0.15) is 24.0 Å². The van der Waals surface area contributed by atoms with Gasteiger partial charge in [0.05, 0.1) is 13.5 Å². The first-order valence-corrected chi connectivity index (χ1v) is 7.64. The highest BCUT2D eigenvalue weighted by Crippen LogP contribution is 2.22. The van der Waals surface area contributed by atoms with Crippen LogP contribution in [0.3, 0.4) is 0 Å². The average molecular weight is 323 g/mol. The second-order valence-electron chi connectivity index (χ2n) is 5.29. The lowest BCUT2D eigenvalue weighted by Gasteiger charge is -2.22. The topological polar surface area (TPSA) is 76.1 Å². The van der Waals surface area contributed by atoms with Gasteiger partial charge in [-0.3, -0.25) is 9.59 Å². The van der Waals surface area contributed by atoms with Crippen LogP contribution in [0.15, 0.2) is 18.2 Å². The van der Waals surface area contributed by atoms with E-state index >= 15 is 0 Å². The van der Waals surface area contributed by atoms with E-state index in [-0.39, 0.29) is 38.1 Å². The highest BCUT2D eigenvalue weighted by atomic mass is 16.5. The van der Waals surface area contributed by atoms with E-state index in [0.29, 0.717) is 18.7 Å². The Labute approximate surface area is 137 Å². The van der Waals surface area contributed by atoms with E-state index in [1.54, 1.807) is 0 Å². The van der Waals surface area contributed by atoms with E-state index in [4.69, 9.17) is 9.84 Å². The molecule has 1 aromatic carbocycles. The van der Waals surface area contributed by atoms with Crippen LogP contribution in [-0.4, -0.2) is 55.3 Å². The summed E-state index contributed by atoms with van der Waals surface area (Å²) in [6, 6.07) is 5.78. The Morgan fingerprint density at radius 3 is 2.39 bits per heavy atom. The van der Waals surface area contributed by atoms with Crippen molar-refractivity contribution in [3.05, 3.63) is 29.3 Å². The number of methoxy groups -OCH3 is 1. The molecular weight excluding hydrogens is 298 g/mol. The van der Waals surface area contributed by atoms with Gasteiger partial charge in [-0.15, -0.1) is 0 Å². The second kappa shape index (κ2) is 9.84. The summed E-state index contributed by atoms with van der Waals surface area (Å²) >= 11 is 0. The zero-order valence-corrected chi connectivity index (χ0v) is 14.0. The molecule has 0 heterocycles. The van der Waals surface area contributed by atoms with Crippen LogP contribution >= 0.6 is 0 Å². The fraction of sp³-hybridized carbons (Fsp3) is 0.529. The van der Waals surface area contributed by atoms with Gasteiger partial charge in [0.15, 0.2) is 6.61 Å². The van der Waals surface area contributed by atoms with Gasteiger partial charge in [-0.05, 0) is 31.4 Å². The number of amides is 1. The minimum Gasteiger partial charge on any atom is -0.483 e. The normalized spacial score (nSPS) is 10.3. The molecule has 0 aliphatic carbocycles. The van der Waals surface area contributed by atoms with Crippen molar-refractivity contribution in [2.75, 3.05) is 33.4 Å². The first kappa shape index (κ1) is 19.0. The predicted molar refractivity (Wildman–Crippen MR) is 86.3 cm³/mol. The summed E-state index contributed by atoms with van der Waals surface area (Å²) < 4.78 is 10.2. The summed E-state index contributed by atoms with van der Waals surface area (Å²) in [5.74, 6) is 0.114. The summed E-state index contributed by atoms with van der Waals surface area (Å²) in [4.78, 5) is 25.1. The number of hydrogen-bond donors (Lipinski definition) is 1. The van der Waals surface area contributed by atoms with Crippen LogP contribution in [0.2, 0.25) is 0 Å². The molecule has 1 aromatic rings. The first-order chi connectivity index (χ1) is 11.0. The molecule has 0 aliphatic rings. The maximum Gasteiger partial charge on any atom is 0.307 e. The van der Waals surface area contributed by atoms with Crippen molar-refractivity contribution in [2.24, 2.45) is 0 Å². The van der Waals surface area contributed by atoms with Gasteiger partial charge >= 0.3 is 5.97 Å². The smallest absolute Gasteiger partial charge is 0.307 e. The fourth-order valence-electron chi connectivity index (χ4n) is 2.20. The third-order valence-electron chi connectivity index (χ3n) is 3.50. The summed E-state index contributed by atoms with van der Waals surface area (Å²) in [6.45, 7) is 4.36. The third kappa shape index (κ3) is 6.28. The molecule has 0 saturated carbocycles. The van der Waals surface area contributed by atoms with Crippen LogP contribution in [-0.2, 0) is 14.3 Å². The molecule has 0 radical (unpaired) electrons. The van der Waals surface area contributed by atoms with E-state index in [1.165, 1.54) is 12.0 Å². The molecule has 1 amide bonds. The van der Waals surface area contributed by atoms with Gasteiger partial charge in [-0.2, -0.15) is 0 Å². The van der Waals surface area contributed by atoms with Crippen LogP contribution in [0.4, 0.5) is 0 Å². The second-order valence-corrected chi connectivity index (χ2v) is 5.29. The minimum absolute atomic E-state index is 0.0141. The van der Waals surface area contributed by atoms with Gasteiger partial charge in [0.1, 0.15) is 5.75 Å². The molecule has 0 atom stereocenters. The van der Waals surface area contributed by atoms with E-state index in [0.717, 1.165) is 11.1 Å². The van der Waals surface area contributed by atoms with Gasteiger partial charge in [0.25, 0.3) is 5.91 Å². The average Bonchev–Trinajstić information content (AvgIpc) is 2.53. The molecule has 0 fully saturated rings. The minimum atomic E-state index is -0.373. The number of esters is 1. The molecule has 0 aromatic heterocycles. The molecule has 6 nitrogen and oxygen atoms in total. The number of ether oxygens (including phenoxy) is 2. The quantitative estimate of drug-likeness (QED) is 0.696. The van der Waals surface area contributed by atoms with Gasteiger partial charge in [-0.1, -0.05) is 18.2 Å². The van der Waals surface area contributed by atoms with Crippen molar-refractivity contribution >= 4 is 11.9 Å². The Morgan fingerprint density at radius 1 is 1.17 bits per heavy atom. The molecule has 128 valence electrons. The lowest BCUT2D eigenvalue weighted by atomic mass is 10.1. The number of aliphatic hydroxyl groups excluding tert-OH is 1. The standard InChI is InChI=1S/C17H25NO5/c1-13-6-4-7-14(2)17(13)23-12-15(20)18(9-5-11-19)10-8-16(21)22-3/h4,6-7,19H,5,8-12H2,1-3H3. The summed E-state index contributed by atoms with van der Waals surface area (Å²) in [7, 11) is 1.31. The number of aliphatic hydroxyl groups is 1. The summed E-state index contributed by atoms with van der Waals surface area (Å²) in [5.41, 5.74) is 1.93. The van der Waals surface area contributed by atoms with Crippen molar-refractivity contribution in [1.29, 1.82) is 0 Å². The van der Waals surface area contributed by atoms with Crippen LogP contribution in [0, 0.1) is 13.8 Å². The number of para-hydroxylation sites is 1. The Kier molecular flexibility index (Phi) is 8.11. The largest absolute Gasteiger partial charge is 0.483 e. The lowest BCUT2D eigenvalue weighted by Crippen LogP contribution is -2.37. The van der Waals surface area contributed by atoms with E-state index in [1.807, 2.05) is 32.0 Å². The molecule has 23 heavy (non-hydrogen) atoms. The molecule has 0 bridgehead atoms. The van der Waals surface area contributed by atoms with Crippen LogP contribution < -0.4 is 4.74 Å². The fourth-order valence-corrected chi connectivity index (χ4v) is 2.20. The van der Waals surface area contributed by atoms with Crippen molar-refractivity contribution in [3.63, 3.8) is 0 Å². The van der Waals surface area contributed by atoms with E-state index in [2.05, 4.69) is 4.74 Å². The third-order valence-corrected chi connectivity index (χ3v) is 3.50. The first-order valence-electron chi connectivity index (χ1n) is 7.64. The zero-order valence-electron chi connectivity index (χ0n) is 14.0. The van der Waals surface area contributed by atoms with Crippen molar-refractivity contribution in [2.45, 2.75) is 26.7 Å². The lowest BCUT2D eigenvalue weighted by molar-refractivity contribution is -0.142. The molecular formula is C17H25NO5. The monoisotopic (exact) mass is 323 g/mol. The maximum absolute atomic E-state index is 12.3. The Balaban J connectivity index is 2.63. The molecule has 0 unspecified atom stereocenters. The van der Waals surface area contributed by atoms with E-state index in [9.17, 15) is 9.59 Å². The van der Waals surface area contributed by atoms with Crippen molar-refractivity contribution in [3.8, 4) is 5.75 Å².